The molecule has 1 aromatic carbocycles. The molecule has 0 aliphatic carbocycles. The second-order valence-electron chi connectivity index (χ2n) is 5.46. The third-order valence-electron chi connectivity index (χ3n) is 3.90. The fraction of sp³-hybridized carbons (Fsp3) is 0.462. The van der Waals surface area contributed by atoms with Gasteiger partial charge < -0.3 is 5.32 Å². The van der Waals surface area contributed by atoms with Gasteiger partial charge in [-0.3, -0.25) is 4.79 Å². The van der Waals surface area contributed by atoms with E-state index in [-0.39, 0.29) is 5.91 Å². The average Bonchev–Trinajstić information content (AvgIpc) is 2.38. The molecule has 0 bridgehead atoms. The Balaban J connectivity index is 2.03. The first-order chi connectivity index (χ1) is 8.85. The Morgan fingerprint density at radius 1 is 1.26 bits per heavy atom. The molecule has 1 aromatic rings. The molecular formula is C13H16N2O3S. The van der Waals surface area contributed by atoms with Gasteiger partial charge in [0.05, 0.1) is 5.69 Å². The van der Waals surface area contributed by atoms with Gasteiger partial charge in [0.2, 0.25) is 0 Å². The Morgan fingerprint density at radius 2 is 2.00 bits per heavy atom. The van der Waals surface area contributed by atoms with Crippen LogP contribution in [0.25, 0.3) is 0 Å². The fourth-order valence-corrected chi connectivity index (χ4v) is 3.98. The van der Waals surface area contributed by atoms with Crippen molar-refractivity contribution in [3.8, 4) is 0 Å². The van der Waals surface area contributed by atoms with Gasteiger partial charge in [-0.25, -0.2) is 12.7 Å². The molecule has 1 saturated heterocycles. The summed E-state index contributed by atoms with van der Waals surface area (Å²) in [5.74, 6) is -0.365. The predicted octanol–water partition coefficient (Wildman–Crippen LogP) is 0.787. The third-order valence-corrected chi connectivity index (χ3v) is 6.22. The van der Waals surface area contributed by atoms with Crippen molar-refractivity contribution in [1.29, 1.82) is 0 Å². The van der Waals surface area contributed by atoms with E-state index in [1.807, 2.05) is 6.07 Å². The van der Waals surface area contributed by atoms with E-state index in [1.165, 1.54) is 19.4 Å². The molecule has 0 saturated carbocycles. The second kappa shape index (κ2) is 3.80. The summed E-state index contributed by atoms with van der Waals surface area (Å²) in [5.41, 5.74) is 2.73. The van der Waals surface area contributed by atoms with Crippen LogP contribution in [-0.2, 0) is 27.8 Å². The Labute approximate surface area is 112 Å². The van der Waals surface area contributed by atoms with E-state index in [0.29, 0.717) is 12.2 Å². The van der Waals surface area contributed by atoms with Crippen molar-refractivity contribution in [2.24, 2.45) is 0 Å². The number of anilines is 1. The van der Waals surface area contributed by atoms with Crippen LogP contribution >= 0.6 is 0 Å². The van der Waals surface area contributed by atoms with Crippen molar-refractivity contribution >= 4 is 21.6 Å². The maximum absolute atomic E-state index is 12.1. The molecule has 2 aliphatic heterocycles. The summed E-state index contributed by atoms with van der Waals surface area (Å²) in [7, 11) is -3.57. The monoisotopic (exact) mass is 280 g/mol. The highest BCUT2D eigenvalue weighted by Crippen LogP contribution is 2.39. The molecular weight excluding hydrogens is 264 g/mol. The van der Waals surface area contributed by atoms with Crippen LogP contribution in [0.4, 0.5) is 5.69 Å². The molecule has 1 N–H and O–H groups in total. The molecule has 19 heavy (non-hydrogen) atoms. The minimum atomic E-state index is -3.57. The lowest BCUT2D eigenvalue weighted by Crippen LogP contribution is -2.67. The van der Waals surface area contributed by atoms with Crippen molar-refractivity contribution in [3.05, 3.63) is 29.3 Å². The largest absolute Gasteiger partial charge is 0.312 e. The number of carbonyl (C=O) groups is 1. The zero-order valence-corrected chi connectivity index (χ0v) is 11.8. The van der Waals surface area contributed by atoms with Gasteiger partial charge in [0.25, 0.3) is 15.9 Å². The summed E-state index contributed by atoms with van der Waals surface area (Å²) in [6.45, 7) is 4.54. The Morgan fingerprint density at radius 3 is 2.68 bits per heavy atom. The summed E-state index contributed by atoms with van der Waals surface area (Å²) in [6.07, 6.45) is 0.932. The molecule has 0 aromatic heterocycles. The van der Waals surface area contributed by atoms with Gasteiger partial charge in [-0.1, -0.05) is 6.07 Å². The lowest BCUT2D eigenvalue weighted by Gasteiger charge is -2.43. The van der Waals surface area contributed by atoms with Crippen molar-refractivity contribution in [2.75, 3.05) is 10.8 Å². The SMILES string of the molecule is CC1(C)C(=O)N(c2ccc3c(c2)CNCC3)S1(=O)=O. The Kier molecular flexibility index (Phi) is 2.53. The number of carbonyl (C=O) groups excluding carboxylic acids is 1. The number of nitrogens with zero attached hydrogens (tertiary/aromatic N) is 1. The molecule has 0 radical (unpaired) electrons. The van der Waals surface area contributed by atoms with Crippen molar-refractivity contribution < 1.29 is 13.2 Å². The van der Waals surface area contributed by atoms with E-state index in [2.05, 4.69) is 5.32 Å². The summed E-state index contributed by atoms with van der Waals surface area (Å²) in [5, 5.41) is 3.24. The van der Waals surface area contributed by atoms with Crippen LogP contribution in [0.2, 0.25) is 0 Å². The lowest BCUT2D eigenvalue weighted by atomic mass is 10.0. The smallest absolute Gasteiger partial charge is 0.263 e. The second-order valence-corrected chi connectivity index (χ2v) is 7.80. The third kappa shape index (κ3) is 1.56. The molecule has 5 nitrogen and oxygen atoms in total. The molecule has 2 heterocycles. The fourth-order valence-electron chi connectivity index (χ4n) is 2.50. The number of nitrogens with one attached hydrogen (secondary N) is 1. The number of hydrogen-bond acceptors (Lipinski definition) is 4. The maximum atomic E-state index is 12.1. The van der Waals surface area contributed by atoms with Gasteiger partial charge >= 0.3 is 0 Å². The standard InChI is InChI=1S/C13H16N2O3S/c1-13(2)12(16)15(19(13,17)18)11-4-3-9-5-6-14-8-10(9)7-11/h3-4,7,14H,5-6,8H2,1-2H3. The van der Waals surface area contributed by atoms with Crippen LogP contribution in [0.1, 0.15) is 25.0 Å². The first-order valence-electron chi connectivity index (χ1n) is 6.27. The van der Waals surface area contributed by atoms with E-state index in [1.54, 1.807) is 12.1 Å². The average molecular weight is 280 g/mol. The number of rotatable bonds is 1. The first-order valence-corrected chi connectivity index (χ1v) is 7.71. The van der Waals surface area contributed by atoms with Gasteiger partial charge in [0.1, 0.15) is 0 Å². The summed E-state index contributed by atoms with van der Waals surface area (Å²) in [4.78, 5) is 12.0. The molecule has 102 valence electrons. The minimum absolute atomic E-state index is 0.365. The van der Waals surface area contributed by atoms with Crippen molar-refractivity contribution in [2.45, 2.75) is 31.6 Å². The molecule has 0 spiro atoms. The molecule has 0 atom stereocenters. The Hall–Kier alpha value is -1.40. The highest BCUT2D eigenvalue weighted by atomic mass is 32.2. The number of benzene rings is 1. The maximum Gasteiger partial charge on any atom is 0.263 e. The lowest BCUT2D eigenvalue weighted by molar-refractivity contribution is -0.120. The summed E-state index contributed by atoms with van der Waals surface area (Å²) < 4.78 is 23.9. The molecule has 1 fully saturated rings. The van der Waals surface area contributed by atoms with Crippen molar-refractivity contribution in [1.82, 2.24) is 5.32 Å². The predicted molar refractivity (Wildman–Crippen MR) is 72.3 cm³/mol. The van der Waals surface area contributed by atoms with E-state index >= 15 is 0 Å². The summed E-state index contributed by atoms with van der Waals surface area (Å²) >= 11 is 0. The van der Waals surface area contributed by atoms with Crippen LogP contribution in [0.3, 0.4) is 0 Å². The Bertz CT molecular complexity index is 664. The number of fused-ring (bicyclic) bond motifs is 1. The van der Waals surface area contributed by atoms with Crippen molar-refractivity contribution in [3.63, 3.8) is 0 Å². The molecule has 1 amide bonds. The van der Waals surface area contributed by atoms with Gasteiger partial charge in [-0.05, 0) is 50.1 Å². The highest BCUT2D eigenvalue weighted by Gasteiger charge is 2.60. The van der Waals surface area contributed by atoms with Crippen LogP contribution in [-0.4, -0.2) is 25.6 Å². The zero-order chi connectivity index (χ0) is 13.8. The minimum Gasteiger partial charge on any atom is -0.312 e. The molecule has 6 heteroatoms. The highest BCUT2D eigenvalue weighted by molar-refractivity contribution is 7.98. The normalized spacial score (nSPS) is 23.7. The number of hydrogen-bond donors (Lipinski definition) is 1. The van der Waals surface area contributed by atoms with Crippen LogP contribution in [0.5, 0.6) is 0 Å². The van der Waals surface area contributed by atoms with E-state index in [9.17, 15) is 13.2 Å². The quantitative estimate of drug-likeness (QED) is 0.826. The molecule has 2 aliphatic rings. The topological polar surface area (TPSA) is 66.5 Å². The van der Waals surface area contributed by atoms with Gasteiger partial charge in [0.15, 0.2) is 4.75 Å². The van der Waals surface area contributed by atoms with Gasteiger partial charge in [-0.2, -0.15) is 0 Å². The molecule has 0 unspecified atom stereocenters. The van der Waals surface area contributed by atoms with E-state index in [4.69, 9.17) is 0 Å². The van der Waals surface area contributed by atoms with Crippen LogP contribution in [0, 0.1) is 0 Å². The first kappa shape index (κ1) is 12.6. The zero-order valence-electron chi connectivity index (χ0n) is 10.9. The van der Waals surface area contributed by atoms with Gasteiger partial charge in [0, 0.05) is 6.54 Å². The van der Waals surface area contributed by atoms with Crippen LogP contribution in [0.15, 0.2) is 18.2 Å². The number of amides is 1. The molecule has 3 rings (SSSR count). The van der Waals surface area contributed by atoms with Gasteiger partial charge in [-0.15, -0.1) is 0 Å². The van der Waals surface area contributed by atoms with E-state index in [0.717, 1.165) is 22.8 Å². The summed E-state index contributed by atoms with van der Waals surface area (Å²) in [6, 6.07) is 5.43. The van der Waals surface area contributed by atoms with E-state index < -0.39 is 14.8 Å². The van der Waals surface area contributed by atoms with Crippen LogP contribution < -0.4 is 9.62 Å². The number of sulfonamides is 1.